The van der Waals surface area contributed by atoms with E-state index in [1.54, 1.807) is 20.8 Å². The van der Waals surface area contributed by atoms with Gasteiger partial charge in [-0.2, -0.15) is 0 Å². The highest BCUT2D eigenvalue weighted by Gasteiger charge is 2.21. The molecular weight excluding hydrogens is 268 g/mol. The Balaban J connectivity index is 3.18. The summed E-state index contributed by atoms with van der Waals surface area (Å²) in [6, 6.07) is 4.30. The number of sulfonamides is 1. The third-order valence-corrected chi connectivity index (χ3v) is 2.55. The van der Waals surface area contributed by atoms with E-state index in [2.05, 4.69) is 4.72 Å². The lowest BCUT2D eigenvalue weighted by Gasteiger charge is -2.20. The van der Waals surface area contributed by atoms with Crippen molar-refractivity contribution in [3.8, 4) is 0 Å². The summed E-state index contributed by atoms with van der Waals surface area (Å²) in [5, 5.41) is 0. The van der Waals surface area contributed by atoms with Crippen molar-refractivity contribution in [3.05, 3.63) is 23.8 Å². The Kier molecular flexibility index (Phi) is 4.09. The van der Waals surface area contributed by atoms with Gasteiger partial charge in [0.25, 0.3) is 0 Å². The lowest BCUT2D eigenvalue weighted by Crippen LogP contribution is -2.25. The lowest BCUT2D eigenvalue weighted by atomic mass is 10.1. The molecule has 0 radical (unpaired) electrons. The number of nitrogens with one attached hydrogen (secondary N) is 1. The molecule has 1 rings (SSSR count). The van der Waals surface area contributed by atoms with Gasteiger partial charge in [0.2, 0.25) is 10.0 Å². The molecule has 0 unspecified atom stereocenters. The number of ether oxygens (including phenoxy) is 1. The molecule has 0 aliphatic heterocycles. The molecule has 0 saturated carbocycles. The summed E-state index contributed by atoms with van der Waals surface area (Å²) < 4.78 is 30.0. The van der Waals surface area contributed by atoms with Gasteiger partial charge >= 0.3 is 5.97 Å². The number of esters is 1. The first-order chi connectivity index (χ1) is 8.48. The van der Waals surface area contributed by atoms with Gasteiger partial charge in [-0.15, -0.1) is 0 Å². The molecule has 3 N–H and O–H groups in total. The van der Waals surface area contributed by atoms with Crippen LogP contribution in [0.1, 0.15) is 31.1 Å². The second kappa shape index (κ2) is 5.08. The number of hydrogen-bond acceptors (Lipinski definition) is 5. The van der Waals surface area contributed by atoms with Gasteiger partial charge in [-0.25, -0.2) is 13.2 Å². The summed E-state index contributed by atoms with van der Waals surface area (Å²) in [7, 11) is -3.49. The lowest BCUT2D eigenvalue weighted by molar-refractivity contribution is 0.00708. The molecule has 0 saturated heterocycles. The van der Waals surface area contributed by atoms with Crippen LogP contribution in [0.2, 0.25) is 0 Å². The average molecular weight is 286 g/mol. The topological polar surface area (TPSA) is 98.5 Å². The molecule has 0 amide bonds. The largest absolute Gasteiger partial charge is 0.456 e. The Bertz CT molecular complexity index is 588. The molecule has 0 aromatic heterocycles. The fourth-order valence-corrected chi connectivity index (χ4v) is 1.93. The summed E-state index contributed by atoms with van der Waals surface area (Å²) >= 11 is 0. The molecule has 6 nitrogen and oxygen atoms in total. The van der Waals surface area contributed by atoms with E-state index in [0.29, 0.717) is 5.69 Å². The van der Waals surface area contributed by atoms with Crippen LogP contribution in [0.3, 0.4) is 0 Å². The summed E-state index contributed by atoms with van der Waals surface area (Å²) in [5.41, 5.74) is 5.51. The monoisotopic (exact) mass is 286 g/mol. The standard InChI is InChI=1S/C12H18N2O4S/c1-12(2,3)18-11(15)9-7-8(13)5-6-10(9)14-19(4,16)17/h5-7,14H,13H2,1-4H3. The van der Waals surface area contributed by atoms with Gasteiger partial charge in [0.05, 0.1) is 17.5 Å². The van der Waals surface area contributed by atoms with Crippen LogP contribution >= 0.6 is 0 Å². The van der Waals surface area contributed by atoms with Crippen LogP contribution < -0.4 is 10.5 Å². The van der Waals surface area contributed by atoms with E-state index < -0.39 is 21.6 Å². The van der Waals surface area contributed by atoms with E-state index in [0.717, 1.165) is 6.26 Å². The van der Waals surface area contributed by atoms with Crippen molar-refractivity contribution in [3.63, 3.8) is 0 Å². The van der Waals surface area contributed by atoms with Gasteiger partial charge in [0.1, 0.15) is 5.60 Å². The second-order valence-corrected chi connectivity index (χ2v) is 6.93. The van der Waals surface area contributed by atoms with Crippen molar-refractivity contribution >= 4 is 27.4 Å². The molecule has 19 heavy (non-hydrogen) atoms. The Labute approximate surface area is 113 Å². The summed E-state index contributed by atoms with van der Waals surface area (Å²) in [6.45, 7) is 5.17. The fraction of sp³-hybridized carbons (Fsp3) is 0.417. The van der Waals surface area contributed by atoms with Crippen LogP contribution in [0, 0.1) is 0 Å². The Hall–Kier alpha value is -1.76. The maximum Gasteiger partial charge on any atom is 0.340 e. The number of anilines is 2. The molecule has 0 bridgehead atoms. The van der Waals surface area contributed by atoms with Crippen LogP contribution in [0.4, 0.5) is 11.4 Å². The second-order valence-electron chi connectivity index (χ2n) is 5.18. The number of hydrogen-bond donors (Lipinski definition) is 2. The minimum atomic E-state index is -3.49. The first-order valence-corrected chi connectivity index (χ1v) is 7.48. The Morgan fingerprint density at radius 1 is 1.32 bits per heavy atom. The predicted octanol–water partition coefficient (Wildman–Crippen LogP) is 1.60. The zero-order chi connectivity index (χ0) is 14.8. The van der Waals surface area contributed by atoms with Gasteiger partial charge < -0.3 is 10.5 Å². The normalized spacial score (nSPS) is 12.0. The van der Waals surface area contributed by atoms with Crippen LogP contribution in [-0.2, 0) is 14.8 Å². The summed E-state index contributed by atoms with van der Waals surface area (Å²) in [4.78, 5) is 12.0. The third kappa shape index (κ3) is 5.17. The highest BCUT2D eigenvalue weighted by atomic mass is 32.2. The third-order valence-electron chi connectivity index (χ3n) is 1.96. The summed E-state index contributed by atoms with van der Waals surface area (Å²) in [6.07, 6.45) is 1.00. The van der Waals surface area contributed by atoms with Crippen molar-refractivity contribution in [2.75, 3.05) is 16.7 Å². The maximum atomic E-state index is 12.0. The summed E-state index contributed by atoms with van der Waals surface area (Å²) in [5.74, 6) is -0.633. The quantitative estimate of drug-likeness (QED) is 0.649. The van der Waals surface area contributed by atoms with E-state index >= 15 is 0 Å². The van der Waals surface area contributed by atoms with Gasteiger partial charge in [0, 0.05) is 5.69 Å². The van der Waals surface area contributed by atoms with Crippen molar-refractivity contribution in [1.29, 1.82) is 0 Å². The molecule has 0 heterocycles. The van der Waals surface area contributed by atoms with Crippen LogP contribution in [0.25, 0.3) is 0 Å². The van der Waals surface area contributed by atoms with E-state index in [9.17, 15) is 13.2 Å². The first-order valence-electron chi connectivity index (χ1n) is 5.58. The highest BCUT2D eigenvalue weighted by Crippen LogP contribution is 2.23. The number of carbonyl (C=O) groups is 1. The number of benzene rings is 1. The molecule has 0 atom stereocenters. The number of carbonyl (C=O) groups excluding carboxylic acids is 1. The van der Waals surface area contributed by atoms with Gasteiger partial charge in [-0.1, -0.05) is 0 Å². The van der Waals surface area contributed by atoms with Crippen molar-refractivity contribution < 1.29 is 17.9 Å². The first kappa shape index (κ1) is 15.3. The Morgan fingerprint density at radius 3 is 2.37 bits per heavy atom. The smallest absolute Gasteiger partial charge is 0.340 e. The van der Waals surface area contributed by atoms with Crippen LogP contribution in [0.15, 0.2) is 18.2 Å². The molecule has 0 spiro atoms. The Morgan fingerprint density at radius 2 is 1.89 bits per heavy atom. The molecule has 7 heteroatoms. The van der Waals surface area contributed by atoms with Crippen molar-refractivity contribution in [2.45, 2.75) is 26.4 Å². The van der Waals surface area contributed by atoms with E-state index in [-0.39, 0.29) is 11.3 Å². The molecule has 106 valence electrons. The fourth-order valence-electron chi connectivity index (χ4n) is 1.35. The van der Waals surface area contributed by atoms with E-state index in [4.69, 9.17) is 10.5 Å². The van der Waals surface area contributed by atoms with E-state index in [1.165, 1.54) is 18.2 Å². The maximum absolute atomic E-state index is 12.0. The van der Waals surface area contributed by atoms with Gasteiger partial charge in [-0.3, -0.25) is 4.72 Å². The van der Waals surface area contributed by atoms with Crippen LogP contribution in [-0.4, -0.2) is 26.2 Å². The van der Waals surface area contributed by atoms with Crippen molar-refractivity contribution in [2.24, 2.45) is 0 Å². The predicted molar refractivity (Wildman–Crippen MR) is 74.5 cm³/mol. The van der Waals surface area contributed by atoms with Gasteiger partial charge in [-0.05, 0) is 39.0 Å². The van der Waals surface area contributed by atoms with E-state index in [1.807, 2.05) is 0 Å². The number of rotatable bonds is 3. The molecule has 0 aliphatic carbocycles. The molecule has 1 aromatic rings. The minimum Gasteiger partial charge on any atom is -0.456 e. The number of nitrogens with two attached hydrogens (primary N) is 1. The SMILES string of the molecule is CC(C)(C)OC(=O)c1cc(N)ccc1NS(C)(=O)=O. The minimum absolute atomic E-state index is 0.0837. The zero-order valence-corrected chi connectivity index (χ0v) is 12.2. The molecule has 0 fully saturated rings. The zero-order valence-electron chi connectivity index (χ0n) is 11.4. The van der Waals surface area contributed by atoms with Gasteiger partial charge in [0.15, 0.2) is 0 Å². The van der Waals surface area contributed by atoms with Crippen molar-refractivity contribution in [1.82, 2.24) is 0 Å². The average Bonchev–Trinajstić information content (AvgIpc) is 2.16. The van der Waals surface area contributed by atoms with Crippen LogP contribution in [0.5, 0.6) is 0 Å². The molecule has 0 aliphatic rings. The highest BCUT2D eigenvalue weighted by molar-refractivity contribution is 7.92. The number of nitrogen functional groups attached to an aromatic ring is 1. The molecule has 1 aromatic carbocycles. The molecular formula is C12H18N2O4S.